The zero-order valence-electron chi connectivity index (χ0n) is 10.3. The fourth-order valence-electron chi connectivity index (χ4n) is 1.67. The Morgan fingerprint density at radius 3 is 2.60 bits per heavy atom. The van der Waals surface area contributed by atoms with Gasteiger partial charge in [0, 0.05) is 22.1 Å². The van der Waals surface area contributed by atoms with Crippen LogP contribution in [-0.2, 0) is 6.54 Å². The van der Waals surface area contributed by atoms with Gasteiger partial charge in [-0.1, -0.05) is 6.07 Å². The molecule has 0 heterocycles. The second-order valence-corrected chi connectivity index (χ2v) is 5.00. The third kappa shape index (κ3) is 3.33. The predicted molar refractivity (Wildman–Crippen MR) is 76.3 cm³/mol. The minimum atomic E-state index is -0.684. The maximum Gasteiger partial charge on any atom is 0.248 e. The minimum absolute atomic E-state index is 0.109. The molecule has 0 radical (unpaired) electrons. The molecule has 0 aromatic heterocycles. The van der Waals surface area contributed by atoms with Gasteiger partial charge in [0.1, 0.15) is 11.6 Å². The SMILES string of the molecule is NC(=O)c1ccc(CNc2cc(F)ccc2Br)c(F)c1. The highest BCUT2D eigenvalue weighted by atomic mass is 79.9. The van der Waals surface area contributed by atoms with Crippen LogP contribution in [0.5, 0.6) is 0 Å². The van der Waals surface area contributed by atoms with Gasteiger partial charge >= 0.3 is 0 Å². The fraction of sp³-hybridized carbons (Fsp3) is 0.0714. The van der Waals surface area contributed by atoms with Crippen molar-refractivity contribution in [3.63, 3.8) is 0 Å². The summed E-state index contributed by atoms with van der Waals surface area (Å²) in [5.74, 6) is -1.61. The quantitative estimate of drug-likeness (QED) is 0.895. The molecule has 104 valence electrons. The first kappa shape index (κ1) is 14.5. The number of carbonyl (C=O) groups excluding carboxylic acids is 1. The summed E-state index contributed by atoms with van der Waals surface area (Å²) >= 11 is 3.27. The molecule has 0 aliphatic rings. The highest BCUT2D eigenvalue weighted by Gasteiger charge is 2.08. The Labute approximate surface area is 122 Å². The van der Waals surface area contributed by atoms with E-state index in [1.807, 2.05) is 0 Å². The van der Waals surface area contributed by atoms with Crippen LogP contribution in [0.1, 0.15) is 15.9 Å². The van der Waals surface area contributed by atoms with Crippen molar-refractivity contribution in [2.24, 2.45) is 5.73 Å². The molecule has 0 bridgehead atoms. The Morgan fingerprint density at radius 2 is 1.95 bits per heavy atom. The number of halogens is 3. The Hall–Kier alpha value is -1.95. The van der Waals surface area contributed by atoms with Crippen LogP contribution in [0.15, 0.2) is 40.9 Å². The van der Waals surface area contributed by atoms with Gasteiger partial charge in [-0.3, -0.25) is 4.79 Å². The molecule has 0 fully saturated rings. The van der Waals surface area contributed by atoms with Crippen molar-refractivity contribution in [3.8, 4) is 0 Å². The average molecular weight is 341 g/mol. The van der Waals surface area contributed by atoms with E-state index in [1.54, 1.807) is 6.07 Å². The van der Waals surface area contributed by atoms with Crippen molar-refractivity contribution >= 4 is 27.5 Å². The summed E-state index contributed by atoms with van der Waals surface area (Å²) in [6.45, 7) is 0.160. The first-order chi connectivity index (χ1) is 9.47. The molecule has 0 unspecified atom stereocenters. The Bertz CT molecular complexity index is 662. The van der Waals surface area contributed by atoms with Crippen LogP contribution in [0.2, 0.25) is 0 Å². The molecule has 3 N–H and O–H groups in total. The first-order valence-corrected chi connectivity index (χ1v) is 6.54. The summed E-state index contributed by atoms with van der Waals surface area (Å²) in [6.07, 6.45) is 0. The van der Waals surface area contributed by atoms with E-state index in [0.29, 0.717) is 15.7 Å². The average Bonchev–Trinajstić information content (AvgIpc) is 2.40. The van der Waals surface area contributed by atoms with Crippen molar-refractivity contribution in [1.82, 2.24) is 0 Å². The van der Waals surface area contributed by atoms with E-state index >= 15 is 0 Å². The molecule has 2 aromatic rings. The van der Waals surface area contributed by atoms with Crippen molar-refractivity contribution < 1.29 is 13.6 Å². The van der Waals surface area contributed by atoms with Crippen molar-refractivity contribution in [2.45, 2.75) is 6.54 Å². The van der Waals surface area contributed by atoms with Crippen LogP contribution in [0.25, 0.3) is 0 Å². The molecule has 2 aromatic carbocycles. The number of primary amides is 1. The molecular weight excluding hydrogens is 330 g/mol. The maximum absolute atomic E-state index is 13.8. The van der Waals surface area contributed by atoms with Gasteiger partial charge in [0.25, 0.3) is 0 Å². The predicted octanol–water partition coefficient (Wildman–Crippen LogP) is 3.44. The molecule has 6 heteroatoms. The first-order valence-electron chi connectivity index (χ1n) is 5.74. The van der Waals surface area contributed by atoms with E-state index < -0.39 is 11.7 Å². The molecular formula is C14H11BrF2N2O. The third-order valence-electron chi connectivity index (χ3n) is 2.74. The zero-order chi connectivity index (χ0) is 14.7. The lowest BCUT2D eigenvalue weighted by molar-refractivity contribution is 0.1000. The lowest BCUT2D eigenvalue weighted by Crippen LogP contribution is -2.12. The molecule has 0 aliphatic heterocycles. The minimum Gasteiger partial charge on any atom is -0.380 e. The third-order valence-corrected chi connectivity index (χ3v) is 3.43. The highest BCUT2D eigenvalue weighted by molar-refractivity contribution is 9.10. The monoisotopic (exact) mass is 340 g/mol. The second kappa shape index (κ2) is 6.00. The van der Waals surface area contributed by atoms with Gasteiger partial charge in [0.15, 0.2) is 0 Å². The largest absolute Gasteiger partial charge is 0.380 e. The number of benzene rings is 2. The van der Waals surface area contributed by atoms with Crippen LogP contribution in [0, 0.1) is 11.6 Å². The fourth-order valence-corrected chi connectivity index (χ4v) is 2.05. The van der Waals surface area contributed by atoms with Crippen LogP contribution in [0.3, 0.4) is 0 Å². The molecule has 2 rings (SSSR count). The van der Waals surface area contributed by atoms with Gasteiger partial charge in [-0.15, -0.1) is 0 Å². The molecule has 3 nitrogen and oxygen atoms in total. The van der Waals surface area contributed by atoms with E-state index in [1.165, 1.54) is 24.3 Å². The van der Waals surface area contributed by atoms with Gasteiger partial charge in [0.2, 0.25) is 5.91 Å². The summed E-state index contributed by atoms with van der Waals surface area (Å²) in [7, 11) is 0. The number of nitrogens with two attached hydrogens (primary N) is 1. The van der Waals surface area contributed by atoms with Gasteiger partial charge in [-0.05, 0) is 46.3 Å². The molecule has 0 spiro atoms. The number of hydrogen-bond donors (Lipinski definition) is 2. The Morgan fingerprint density at radius 1 is 1.20 bits per heavy atom. The van der Waals surface area contributed by atoms with Crippen LogP contribution < -0.4 is 11.1 Å². The molecule has 0 atom stereocenters. The van der Waals surface area contributed by atoms with E-state index in [-0.39, 0.29) is 17.9 Å². The standard InChI is InChI=1S/C14H11BrF2N2O/c15-11-4-3-10(16)6-13(11)19-7-9-2-1-8(14(18)20)5-12(9)17/h1-6,19H,7H2,(H2,18,20). The summed E-state index contributed by atoms with van der Waals surface area (Å²) in [4.78, 5) is 10.9. The van der Waals surface area contributed by atoms with Gasteiger partial charge in [0.05, 0.1) is 5.69 Å². The summed E-state index contributed by atoms with van der Waals surface area (Å²) < 4.78 is 27.5. The van der Waals surface area contributed by atoms with Gasteiger partial charge in [-0.25, -0.2) is 8.78 Å². The highest BCUT2D eigenvalue weighted by Crippen LogP contribution is 2.24. The molecule has 0 saturated carbocycles. The van der Waals surface area contributed by atoms with Gasteiger partial charge in [-0.2, -0.15) is 0 Å². The number of carbonyl (C=O) groups is 1. The maximum atomic E-state index is 13.8. The zero-order valence-corrected chi connectivity index (χ0v) is 11.9. The van der Waals surface area contributed by atoms with Crippen molar-refractivity contribution in [2.75, 3.05) is 5.32 Å². The Kier molecular flexibility index (Phi) is 4.34. The van der Waals surface area contributed by atoms with Crippen LogP contribution in [-0.4, -0.2) is 5.91 Å². The van der Waals surface area contributed by atoms with E-state index in [9.17, 15) is 13.6 Å². The number of hydrogen-bond acceptors (Lipinski definition) is 2. The smallest absolute Gasteiger partial charge is 0.248 e. The number of amides is 1. The van der Waals surface area contributed by atoms with Gasteiger partial charge < -0.3 is 11.1 Å². The number of anilines is 1. The number of rotatable bonds is 4. The molecule has 1 amide bonds. The Balaban J connectivity index is 2.15. The lowest BCUT2D eigenvalue weighted by atomic mass is 10.1. The topological polar surface area (TPSA) is 55.1 Å². The van der Waals surface area contributed by atoms with Crippen molar-refractivity contribution in [1.29, 1.82) is 0 Å². The molecule has 0 aliphatic carbocycles. The summed E-state index contributed by atoms with van der Waals surface area (Å²) in [5, 5.41) is 2.92. The summed E-state index contributed by atoms with van der Waals surface area (Å²) in [6, 6.07) is 8.18. The normalized spacial score (nSPS) is 10.3. The van der Waals surface area contributed by atoms with E-state index in [2.05, 4.69) is 21.2 Å². The molecule has 0 saturated heterocycles. The van der Waals surface area contributed by atoms with E-state index in [0.717, 1.165) is 6.07 Å². The van der Waals surface area contributed by atoms with Crippen molar-refractivity contribution in [3.05, 3.63) is 63.6 Å². The summed E-state index contributed by atoms with van der Waals surface area (Å²) in [5.41, 5.74) is 6.04. The van der Waals surface area contributed by atoms with E-state index in [4.69, 9.17) is 5.73 Å². The molecule has 20 heavy (non-hydrogen) atoms. The number of nitrogens with one attached hydrogen (secondary N) is 1. The van der Waals surface area contributed by atoms with Crippen LogP contribution >= 0.6 is 15.9 Å². The second-order valence-electron chi connectivity index (χ2n) is 4.15. The van der Waals surface area contributed by atoms with Crippen LogP contribution in [0.4, 0.5) is 14.5 Å². The lowest BCUT2D eigenvalue weighted by Gasteiger charge is -2.10.